The molecule has 0 N–H and O–H groups in total. The molecule has 0 aliphatic carbocycles. The molecule has 1 atom stereocenters. The van der Waals surface area contributed by atoms with Crippen LogP contribution in [0.15, 0.2) is 0 Å². The van der Waals surface area contributed by atoms with Crippen molar-refractivity contribution in [1.82, 2.24) is 4.31 Å². The van der Waals surface area contributed by atoms with Crippen LogP contribution in [0.25, 0.3) is 0 Å². The van der Waals surface area contributed by atoms with Gasteiger partial charge in [-0.1, -0.05) is 0 Å². The van der Waals surface area contributed by atoms with Gasteiger partial charge in [0, 0.05) is 13.1 Å². The van der Waals surface area contributed by atoms with Crippen LogP contribution in [0.3, 0.4) is 0 Å². The highest BCUT2D eigenvalue weighted by molar-refractivity contribution is 7.92. The van der Waals surface area contributed by atoms with Crippen molar-refractivity contribution >= 4 is 19.9 Å². The van der Waals surface area contributed by atoms with Crippen LogP contribution >= 0.6 is 0 Å². The third kappa shape index (κ3) is 3.43. The zero-order valence-electron chi connectivity index (χ0n) is 10.5. The molecule has 0 aromatic rings. The fourth-order valence-electron chi connectivity index (χ4n) is 1.91. The van der Waals surface area contributed by atoms with Gasteiger partial charge in [0.25, 0.3) is 0 Å². The van der Waals surface area contributed by atoms with Crippen molar-refractivity contribution in [1.29, 1.82) is 5.26 Å². The summed E-state index contributed by atoms with van der Waals surface area (Å²) in [5.74, 6) is -0.144. The average molecular weight is 294 g/mol. The fraction of sp³-hybridized carbons (Fsp3) is 0.900. The third-order valence-electron chi connectivity index (χ3n) is 3.33. The second kappa shape index (κ2) is 5.55. The van der Waals surface area contributed by atoms with Crippen LogP contribution in [0.2, 0.25) is 0 Å². The largest absolute Gasteiger partial charge is 0.229 e. The average Bonchev–Trinajstić information content (AvgIpc) is 2.27. The summed E-state index contributed by atoms with van der Waals surface area (Å²) >= 11 is 0. The number of hydrogen-bond acceptors (Lipinski definition) is 5. The highest BCUT2D eigenvalue weighted by atomic mass is 32.2. The molecule has 8 heteroatoms. The Labute approximate surface area is 109 Å². The minimum atomic E-state index is -3.52. The first-order valence-corrected chi connectivity index (χ1v) is 9.07. The van der Waals surface area contributed by atoms with Crippen molar-refractivity contribution < 1.29 is 16.8 Å². The normalized spacial score (nSPS) is 22.6. The van der Waals surface area contributed by atoms with E-state index in [1.165, 1.54) is 11.4 Å². The molecule has 0 saturated carbocycles. The fourth-order valence-corrected chi connectivity index (χ4v) is 5.58. The van der Waals surface area contributed by atoms with E-state index < -0.39 is 31.2 Å². The maximum atomic E-state index is 12.2. The second-order valence-electron chi connectivity index (χ2n) is 4.62. The molecule has 1 fully saturated rings. The Balaban J connectivity index is 2.79. The molecule has 6 nitrogen and oxygen atoms in total. The Hall–Kier alpha value is -0.650. The first kappa shape index (κ1) is 15.4. The van der Waals surface area contributed by atoms with Gasteiger partial charge in [0.2, 0.25) is 10.0 Å². The van der Waals surface area contributed by atoms with Crippen molar-refractivity contribution in [2.45, 2.75) is 37.5 Å². The molecule has 1 aliphatic rings. The summed E-state index contributed by atoms with van der Waals surface area (Å²) in [6.07, 6.45) is 0.420. The summed E-state index contributed by atoms with van der Waals surface area (Å²) in [4.78, 5) is 0. The van der Waals surface area contributed by atoms with Crippen LogP contribution in [-0.4, -0.2) is 51.0 Å². The SMILES string of the molecule is CC(CC#N)N(C)S(=O)(=O)C1CCS(=O)(=O)CC1. The number of sulfonamides is 1. The van der Waals surface area contributed by atoms with E-state index in [1.54, 1.807) is 6.92 Å². The highest BCUT2D eigenvalue weighted by Gasteiger charge is 2.36. The molecule has 0 radical (unpaired) electrons. The van der Waals surface area contributed by atoms with Crippen LogP contribution in [0, 0.1) is 11.3 Å². The van der Waals surface area contributed by atoms with Gasteiger partial charge in [-0.3, -0.25) is 0 Å². The molecule has 1 saturated heterocycles. The van der Waals surface area contributed by atoms with Gasteiger partial charge in [-0.15, -0.1) is 0 Å². The lowest BCUT2D eigenvalue weighted by Crippen LogP contribution is -2.44. The molecular formula is C10H18N2O4S2. The Morgan fingerprint density at radius 2 is 1.89 bits per heavy atom. The van der Waals surface area contributed by atoms with Crippen molar-refractivity contribution in [3.63, 3.8) is 0 Å². The van der Waals surface area contributed by atoms with Gasteiger partial charge in [-0.2, -0.15) is 5.26 Å². The van der Waals surface area contributed by atoms with E-state index in [1.807, 2.05) is 6.07 Å². The molecule has 0 aromatic carbocycles. The summed E-state index contributed by atoms with van der Waals surface area (Å²) in [6, 6.07) is 1.54. The van der Waals surface area contributed by atoms with Crippen molar-refractivity contribution in [3.05, 3.63) is 0 Å². The first-order chi connectivity index (χ1) is 8.20. The Morgan fingerprint density at radius 3 is 2.33 bits per heavy atom. The second-order valence-corrected chi connectivity index (χ2v) is 9.20. The van der Waals surface area contributed by atoms with Gasteiger partial charge in [0.15, 0.2) is 0 Å². The molecule has 0 amide bonds. The molecule has 18 heavy (non-hydrogen) atoms. The summed E-state index contributed by atoms with van der Waals surface area (Å²) < 4.78 is 48.2. The Morgan fingerprint density at radius 1 is 1.39 bits per heavy atom. The zero-order valence-corrected chi connectivity index (χ0v) is 12.2. The molecule has 1 unspecified atom stereocenters. The van der Waals surface area contributed by atoms with Crippen LogP contribution in [0.4, 0.5) is 0 Å². The predicted octanol–water partition coefficient (Wildman–Crippen LogP) is 0.127. The van der Waals surface area contributed by atoms with Crippen LogP contribution < -0.4 is 0 Å². The van der Waals surface area contributed by atoms with Crippen LogP contribution in [0.1, 0.15) is 26.2 Å². The Kier molecular flexibility index (Phi) is 4.75. The van der Waals surface area contributed by atoms with Crippen LogP contribution in [-0.2, 0) is 19.9 Å². The smallest absolute Gasteiger partial charge is 0.217 e. The van der Waals surface area contributed by atoms with E-state index in [0.717, 1.165) is 0 Å². The number of hydrogen-bond donors (Lipinski definition) is 0. The van der Waals surface area contributed by atoms with Crippen LogP contribution in [0.5, 0.6) is 0 Å². The van der Waals surface area contributed by atoms with Gasteiger partial charge in [0.1, 0.15) is 9.84 Å². The summed E-state index contributed by atoms with van der Waals surface area (Å²) in [7, 11) is -5.14. The van der Waals surface area contributed by atoms with E-state index in [0.29, 0.717) is 0 Å². The van der Waals surface area contributed by atoms with Crippen molar-refractivity contribution in [2.24, 2.45) is 0 Å². The zero-order chi connectivity index (χ0) is 14.0. The Bertz CT molecular complexity index is 519. The summed E-state index contributed by atoms with van der Waals surface area (Å²) in [5, 5.41) is 7.93. The third-order valence-corrected chi connectivity index (χ3v) is 7.52. The van der Waals surface area contributed by atoms with E-state index in [4.69, 9.17) is 5.26 Å². The van der Waals surface area contributed by atoms with Crippen molar-refractivity contribution in [3.8, 4) is 6.07 Å². The number of rotatable bonds is 4. The summed E-state index contributed by atoms with van der Waals surface area (Å²) in [6.45, 7) is 1.67. The predicted molar refractivity (Wildman–Crippen MR) is 68.1 cm³/mol. The topological polar surface area (TPSA) is 95.3 Å². The number of sulfone groups is 1. The van der Waals surface area contributed by atoms with E-state index in [-0.39, 0.29) is 30.8 Å². The molecule has 0 spiro atoms. The molecular weight excluding hydrogens is 276 g/mol. The number of nitrogens with zero attached hydrogens (tertiary/aromatic N) is 2. The quantitative estimate of drug-likeness (QED) is 0.734. The maximum absolute atomic E-state index is 12.2. The standard InChI is InChI=1S/C10H18N2O4S2/c1-9(3-6-11)12(2)18(15,16)10-4-7-17(13,14)8-5-10/h9-10H,3-5,7-8H2,1-2H3. The number of nitriles is 1. The van der Waals surface area contributed by atoms with Gasteiger partial charge in [0.05, 0.1) is 29.2 Å². The monoisotopic (exact) mass is 294 g/mol. The van der Waals surface area contributed by atoms with Gasteiger partial charge in [-0.05, 0) is 19.8 Å². The molecule has 1 rings (SSSR count). The minimum absolute atomic E-state index is 0.0721. The lowest BCUT2D eigenvalue weighted by Gasteiger charge is -2.29. The van der Waals surface area contributed by atoms with E-state index in [2.05, 4.69) is 0 Å². The van der Waals surface area contributed by atoms with Crippen molar-refractivity contribution in [2.75, 3.05) is 18.6 Å². The highest BCUT2D eigenvalue weighted by Crippen LogP contribution is 2.23. The maximum Gasteiger partial charge on any atom is 0.217 e. The molecule has 1 aliphatic heterocycles. The van der Waals surface area contributed by atoms with Gasteiger partial charge >= 0.3 is 0 Å². The lowest BCUT2D eigenvalue weighted by molar-refractivity contribution is 0.383. The first-order valence-electron chi connectivity index (χ1n) is 5.75. The molecule has 0 aromatic heterocycles. The molecule has 0 bridgehead atoms. The lowest BCUT2D eigenvalue weighted by atomic mass is 10.2. The summed E-state index contributed by atoms with van der Waals surface area (Å²) in [5.41, 5.74) is 0. The van der Waals surface area contributed by atoms with E-state index in [9.17, 15) is 16.8 Å². The molecule has 104 valence electrons. The molecule has 1 heterocycles. The van der Waals surface area contributed by atoms with E-state index >= 15 is 0 Å². The van der Waals surface area contributed by atoms with Gasteiger partial charge < -0.3 is 0 Å². The minimum Gasteiger partial charge on any atom is -0.229 e. The van der Waals surface area contributed by atoms with Gasteiger partial charge in [-0.25, -0.2) is 21.1 Å².